The highest BCUT2D eigenvalue weighted by Crippen LogP contribution is 2.34. The van der Waals surface area contributed by atoms with Gasteiger partial charge in [-0.15, -0.1) is 0 Å². The monoisotopic (exact) mass is 523 g/mol. The lowest BCUT2D eigenvalue weighted by atomic mass is 9.88. The van der Waals surface area contributed by atoms with Gasteiger partial charge in [0, 0.05) is 58.1 Å². The predicted molar refractivity (Wildman–Crippen MR) is 145 cm³/mol. The Hall–Kier alpha value is -4.05. The Bertz CT molecular complexity index is 1750. The van der Waals surface area contributed by atoms with E-state index in [4.69, 9.17) is 14.0 Å². The number of rotatable bonds is 5. The number of hydrogen-bond donors (Lipinski definition) is 1. The Kier molecular flexibility index (Phi) is 5.03. The van der Waals surface area contributed by atoms with Crippen molar-refractivity contribution in [2.75, 3.05) is 32.8 Å². The minimum atomic E-state index is -3.10. The summed E-state index contributed by atoms with van der Waals surface area (Å²) in [5.41, 5.74) is 7.79. The molecule has 198 valence electrons. The molecular weight excluding hydrogens is 485 g/mol. The van der Waals surface area contributed by atoms with Crippen LogP contribution >= 0.6 is 0 Å². The first kappa shape index (κ1) is 19.1. The molecule has 1 aliphatic heterocycles. The van der Waals surface area contributed by atoms with Crippen LogP contribution in [0.15, 0.2) is 53.6 Å². The lowest BCUT2D eigenvalue weighted by molar-refractivity contribution is 0.0827. The van der Waals surface area contributed by atoms with Crippen LogP contribution in [0.25, 0.3) is 16.7 Å². The van der Waals surface area contributed by atoms with E-state index in [2.05, 4.69) is 21.8 Å². The number of nitrogens with zero attached hydrogens (tertiary/aromatic N) is 6. The summed E-state index contributed by atoms with van der Waals surface area (Å²) < 4.78 is 62.2. The Morgan fingerprint density at radius 2 is 1.92 bits per heavy atom. The van der Waals surface area contributed by atoms with Gasteiger partial charge in [-0.3, -0.25) is 14.3 Å². The lowest BCUT2D eigenvalue weighted by Gasteiger charge is -2.36. The van der Waals surface area contributed by atoms with Crippen LogP contribution in [0.1, 0.15) is 61.6 Å². The molecule has 0 radical (unpaired) electrons. The molecule has 10 heteroatoms. The molecule has 0 unspecified atom stereocenters. The summed E-state index contributed by atoms with van der Waals surface area (Å²) in [7, 11) is 1.89. The summed E-state index contributed by atoms with van der Waals surface area (Å²) in [4.78, 5) is 35.7. The summed E-state index contributed by atoms with van der Waals surface area (Å²) in [6.45, 7) is -2.57. The van der Waals surface area contributed by atoms with Gasteiger partial charge < -0.3 is 15.2 Å². The van der Waals surface area contributed by atoms with Crippen LogP contribution in [-0.2, 0) is 7.05 Å². The van der Waals surface area contributed by atoms with Crippen LogP contribution in [0, 0.1) is 5.82 Å². The fraction of sp³-hybridized carbons (Fsp3) is 0.357. The number of hydrogen-bond acceptors (Lipinski definition) is 6. The van der Waals surface area contributed by atoms with Gasteiger partial charge in [0.25, 0.3) is 5.91 Å². The molecule has 1 aliphatic rings. The number of carbonyl (C=O) groups is 1. The van der Waals surface area contributed by atoms with Crippen molar-refractivity contribution in [3.8, 4) is 5.69 Å². The topological polar surface area (TPSA) is 102 Å². The summed E-state index contributed by atoms with van der Waals surface area (Å²) in [6.07, 6.45) is 4.24. The van der Waals surface area contributed by atoms with Gasteiger partial charge in [0.2, 0.25) is 0 Å². The molecule has 38 heavy (non-hydrogen) atoms. The fourth-order valence-corrected chi connectivity index (χ4v) is 5.29. The molecule has 4 aromatic rings. The van der Waals surface area contributed by atoms with E-state index in [1.807, 2.05) is 17.7 Å². The summed E-state index contributed by atoms with van der Waals surface area (Å²) in [5.74, 6) is -2.13. The molecule has 3 aromatic heterocycles. The maximum atomic E-state index is 14.2. The highest BCUT2D eigenvalue weighted by atomic mass is 19.1. The second kappa shape index (κ2) is 10.0. The average molecular weight is 524 g/mol. The van der Waals surface area contributed by atoms with Gasteiger partial charge in [-0.25, -0.2) is 14.2 Å². The van der Waals surface area contributed by atoms with Gasteiger partial charge in [-0.05, 0) is 68.6 Å². The van der Waals surface area contributed by atoms with Gasteiger partial charge in [-0.2, -0.15) is 4.98 Å². The van der Waals surface area contributed by atoms with Crippen LogP contribution in [0.3, 0.4) is 0 Å². The zero-order chi connectivity index (χ0) is 32.1. The van der Waals surface area contributed by atoms with E-state index in [1.165, 1.54) is 12.1 Å². The van der Waals surface area contributed by atoms with Crippen molar-refractivity contribution in [1.29, 1.82) is 0 Å². The van der Waals surface area contributed by atoms with Crippen molar-refractivity contribution in [3.05, 3.63) is 81.9 Å². The summed E-state index contributed by atoms with van der Waals surface area (Å²) in [5, 5.41) is 0.671. The lowest BCUT2D eigenvalue weighted by Crippen LogP contribution is -2.35. The number of amides is 1. The van der Waals surface area contributed by atoms with E-state index in [0.717, 1.165) is 48.0 Å². The minimum Gasteiger partial charge on any atom is -0.381 e. The van der Waals surface area contributed by atoms with Gasteiger partial charge in [0.05, 0.1) is 11.9 Å². The molecule has 0 bridgehead atoms. The third-order valence-electron chi connectivity index (χ3n) is 7.45. The van der Waals surface area contributed by atoms with Crippen molar-refractivity contribution in [2.24, 2.45) is 7.05 Å². The Morgan fingerprint density at radius 3 is 2.61 bits per heavy atom. The van der Waals surface area contributed by atoms with Gasteiger partial charge in [0.1, 0.15) is 5.65 Å². The third-order valence-corrected chi connectivity index (χ3v) is 7.45. The Balaban J connectivity index is 1.31. The number of nitrogens with two attached hydrogens (primary N) is 1. The van der Waals surface area contributed by atoms with Crippen molar-refractivity contribution in [3.63, 3.8) is 0 Å². The summed E-state index contributed by atoms with van der Waals surface area (Å²) in [6, 6.07) is 10.0. The molecule has 1 atom stereocenters. The number of benzene rings is 1. The number of anilines is 1. The quantitative estimate of drug-likeness (QED) is 0.430. The fourth-order valence-electron chi connectivity index (χ4n) is 5.29. The van der Waals surface area contributed by atoms with Crippen molar-refractivity contribution < 1.29 is 17.4 Å². The number of nitrogen functional groups attached to an aromatic ring is 1. The first-order valence-electron chi connectivity index (χ1n) is 15.3. The first-order valence-corrected chi connectivity index (χ1v) is 12.3. The average Bonchev–Trinajstić information content (AvgIpc) is 3.29. The third kappa shape index (κ3) is 4.56. The van der Waals surface area contributed by atoms with Crippen molar-refractivity contribution >= 4 is 22.8 Å². The number of halogens is 1. The normalized spacial score (nSPS) is 18.6. The van der Waals surface area contributed by atoms with Gasteiger partial charge in [-0.1, -0.05) is 12.1 Å². The number of pyridine rings is 1. The Morgan fingerprint density at radius 1 is 1.21 bits per heavy atom. The van der Waals surface area contributed by atoms with E-state index in [1.54, 1.807) is 24.4 Å². The standard InChI is InChI=1S/C28H32FN7O2/c1-17(35-13-10-19(11-14-35)18-5-7-20(8-6-18)27(37)33(2)3)24-15-21-23(9-12-31-26(21)34(24)4)36-16-22(29)25(30)32-28(36)38/h5-9,12,15-17,19H,10-11,13-14H2,1-4H3,(H2,30,32,38)/t17-/m0/s1/i2D3,3D3. The van der Waals surface area contributed by atoms with E-state index >= 15 is 0 Å². The molecule has 0 aliphatic carbocycles. The predicted octanol–water partition coefficient (Wildman–Crippen LogP) is 3.48. The van der Waals surface area contributed by atoms with Crippen LogP contribution in [0.2, 0.25) is 0 Å². The molecule has 1 amide bonds. The van der Waals surface area contributed by atoms with E-state index in [0.29, 0.717) is 16.7 Å². The maximum Gasteiger partial charge on any atom is 0.354 e. The SMILES string of the molecule is [2H]C([2H])([2H])N(C(=O)c1ccc(C2CCN([C@@H](C)c3cc4c(-n5cc(F)c(N)nc5=O)ccnc4n3C)CC2)cc1)C([2H])([2H])[2H]. The van der Waals surface area contributed by atoms with Crippen LogP contribution < -0.4 is 11.4 Å². The molecule has 9 nitrogen and oxygen atoms in total. The molecular formula is C28H32FN7O2. The van der Waals surface area contributed by atoms with E-state index < -0.39 is 37.2 Å². The number of likely N-dealkylation sites (tertiary alicyclic amines) is 1. The largest absolute Gasteiger partial charge is 0.381 e. The molecule has 5 rings (SSSR count). The highest BCUT2D eigenvalue weighted by molar-refractivity contribution is 5.93. The number of aromatic nitrogens is 4. The highest BCUT2D eigenvalue weighted by Gasteiger charge is 2.27. The number of fused-ring (bicyclic) bond motifs is 1. The van der Waals surface area contributed by atoms with Crippen molar-refractivity contribution in [1.82, 2.24) is 28.9 Å². The van der Waals surface area contributed by atoms with E-state index in [-0.39, 0.29) is 22.4 Å². The van der Waals surface area contributed by atoms with Gasteiger partial charge >= 0.3 is 5.69 Å². The van der Waals surface area contributed by atoms with E-state index in [9.17, 15) is 14.0 Å². The molecule has 1 fully saturated rings. The maximum absolute atomic E-state index is 14.2. The number of piperidine rings is 1. The zero-order valence-corrected chi connectivity index (χ0v) is 21.1. The smallest absolute Gasteiger partial charge is 0.354 e. The number of aryl methyl sites for hydroxylation is 1. The molecule has 0 spiro atoms. The van der Waals surface area contributed by atoms with Crippen LogP contribution in [0.4, 0.5) is 10.2 Å². The molecule has 0 saturated carbocycles. The second-order valence-corrected chi connectivity index (χ2v) is 9.57. The summed E-state index contributed by atoms with van der Waals surface area (Å²) >= 11 is 0. The molecule has 4 heterocycles. The minimum absolute atomic E-state index is 0.00411. The zero-order valence-electron chi connectivity index (χ0n) is 27.1. The molecule has 1 saturated heterocycles. The van der Waals surface area contributed by atoms with Crippen LogP contribution in [-0.4, -0.2) is 61.9 Å². The molecule has 2 N–H and O–H groups in total. The van der Waals surface area contributed by atoms with Crippen LogP contribution in [0.5, 0.6) is 0 Å². The van der Waals surface area contributed by atoms with Gasteiger partial charge in [0.15, 0.2) is 11.6 Å². The Labute approximate surface area is 228 Å². The molecule has 1 aromatic carbocycles. The second-order valence-electron chi connectivity index (χ2n) is 9.57. The first-order chi connectivity index (χ1) is 20.6. The number of carbonyl (C=O) groups excluding carboxylic acids is 1. The van der Waals surface area contributed by atoms with Crippen molar-refractivity contribution in [2.45, 2.75) is 31.7 Å².